The second-order valence-corrected chi connectivity index (χ2v) is 5.79. The summed E-state index contributed by atoms with van der Waals surface area (Å²) in [4.78, 5) is 11.2. The van der Waals surface area contributed by atoms with Crippen LogP contribution in [-0.4, -0.2) is 29.4 Å². The van der Waals surface area contributed by atoms with Gasteiger partial charge in [-0.25, -0.2) is 4.99 Å². The largest absolute Gasteiger partial charge is 0.357 e. The van der Waals surface area contributed by atoms with Crippen molar-refractivity contribution in [2.45, 2.75) is 26.9 Å². The van der Waals surface area contributed by atoms with Crippen LogP contribution in [0.4, 0.5) is 0 Å². The number of aliphatic imine (C=N–C) groups is 1. The van der Waals surface area contributed by atoms with Crippen molar-refractivity contribution < 1.29 is 0 Å². The van der Waals surface area contributed by atoms with Crippen molar-refractivity contribution in [3.05, 3.63) is 64.4 Å². The maximum absolute atomic E-state index is 6.25. The zero-order valence-corrected chi connectivity index (χ0v) is 17.4. The number of halogens is 2. The van der Waals surface area contributed by atoms with Gasteiger partial charge in [0, 0.05) is 31.4 Å². The van der Waals surface area contributed by atoms with E-state index in [4.69, 9.17) is 16.6 Å². The number of hydrogen-bond acceptors (Lipinski definition) is 2. The molecule has 0 atom stereocenters. The molecule has 2 aromatic rings. The second-order valence-electron chi connectivity index (χ2n) is 5.38. The Labute approximate surface area is 166 Å². The molecule has 1 aromatic carbocycles. The van der Waals surface area contributed by atoms with Gasteiger partial charge in [0.1, 0.15) is 0 Å². The van der Waals surface area contributed by atoms with Crippen molar-refractivity contribution in [3.8, 4) is 0 Å². The SMILES string of the molecule is CCNC(=NCc1ncccc1C)N(C)Cc1ccccc1Cl.I. The smallest absolute Gasteiger partial charge is 0.194 e. The lowest BCUT2D eigenvalue weighted by Crippen LogP contribution is -2.38. The Kier molecular flexibility index (Phi) is 9.07. The van der Waals surface area contributed by atoms with Gasteiger partial charge in [-0.1, -0.05) is 35.9 Å². The molecular weight excluding hydrogens is 435 g/mol. The lowest BCUT2D eigenvalue weighted by atomic mass is 10.2. The van der Waals surface area contributed by atoms with Gasteiger partial charge in [0.15, 0.2) is 5.96 Å². The Morgan fingerprint density at radius 3 is 2.67 bits per heavy atom. The first-order valence-corrected chi connectivity index (χ1v) is 8.13. The van der Waals surface area contributed by atoms with Crippen LogP contribution in [0.25, 0.3) is 0 Å². The van der Waals surface area contributed by atoms with E-state index in [1.54, 1.807) is 6.20 Å². The maximum atomic E-state index is 6.25. The average molecular weight is 459 g/mol. The van der Waals surface area contributed by atoms with E-state index in [1.807, 2.05) is 37.4 Å². The van der Waals surface area contributed by atoms with E-state index in [0.717, 1.165) is 34.3 Å². The second kappa shape index (κ2) is 10.5. The highest BCUT2D eigenvalue weighted by Crippen LogP contribution is 2.16. The Balaban J connectivity index is 0.00000288. The van der Waals surface area contributed by atoms with E-state index in [-0.39, 0.29) is 24.0 Å². The first-order valence-electron chi connectivity index (χ1n) is 7.75. The number of aromatic nitrogens is 1. The number of nitrogens with zero attached hydrogens (tertiary/aromatic N) is 3. The first-order chi connectivity index (χ1) is 11.1. The van der Waals surface area contributed by atoms with E-state index in [9.17, 15) is 0 Å². The molecule has 0 aliphatic heterocycles. The van der Waals surface area contributed by atoms with E-state index in [1.165, 1.54) is 0 Å². The highest BCUT2D eigenvalue weighted by atomic mass is 127. The molecule has 0 spiro atoms. The summed E-state index contributed by atoms with van der Waals surface area (Å²) < 4.78 is 0. The minimum Gasteiger partial charge on any atom is -0.357 e. The molecule has 0 unspecified atom stereocenters. The van der Waals surface area contributed by atoms with E-state index in [0.29, 0.717) is 13.1 Å². The van der Waals surface area contributed by atoms with Gasteiger partial charge >= 0.3 is 0 Å². The average Bonchev–Trinajstić information content (AvgIpc) is 2.55. The highest BCUT2D eigenvalue weighted by Gasteiger charge is 2.09. The molecule has 0 radical (unpaired) electrons. The van der Waals surface area contributed by atoms with Crippen LogP contribution < -0.4 is 5.32 Å². The minimum atomic E-state index is 0. The van der Waals surface area contributed by atoms with E-state index >= 15 is 0 Å². The van der Waals surface area contributed by atoms with Crippen molar-refractivity contribution in [3.63, 3.8) is 0 Å². The lowest BCUT2D eigenvalue weighted by Gasteiger charge is -2.22. The Bertz CT molecular complexity index is 676. The zero-order chi connectivity index (χ0) is 16.7. The van der Waals surface area contributed by atoms with Gasteiger partial charge in [-0.3, -0.25) is 4.98 Å². The third-order valence-corrected chi connectivity index (χ3v) is 3.93. The molecule has 0 saturated carbocycles. The van der Waals surface area contributed by atoms with Gasteiger partial charge in [-0.05, 0) is 37.1 Å². The summed E-state index contributed by atoms with van der Waals surface area (Å²) in [6, 6.07) is 11.9. The fourth-order valence-electron chi connectivity index (χ4n) is 2.26. The molecule has 4 nitrogen and oxygen atoms in total. The molecule has 0 bridgehead atoms. The maximum Gasteiger partial charge on any atom is 0.194 e. The predicted octanol–water partition coefficient (Wildman–Crippen LogP) is 4.26. The fraction of sp³-hybridized carbons (Fsp3) is 0.333. The number of nitrogens with one attached hydrogen (secondary N) is 1. The molecular formula is C18H24ClIN4. The summed E-state index contributed by atoms with van der Waals surface area (Å²) in [6.45, 7) is 6.19. The molecule has 1 heterocycles. The quantitative estimate of drug-likeness (QED) is 0.413. The summed E-state index contributed by atoms with van der Waals surface area (Å²) in [6.07, 6.45) is 1.80. The van der Waals surface area contributed by atoms with Gasteiger partial charge in [0.25, 0.3) is 0 Å². The zero-order valence-electron chi connectivity index (χ0n) is 14.3. The van der Waals surface area contributed by atoms with Crippen LogP contribution in [0.2, 0.25) is 5.02 Å². The Hall–Kier alpha value is -1.34. The minimum absolute atomic E-state index is 0. The summed E-state index contributed by atoms with van der Waals surface area (Å²) in [7, 11) is 2.01. The number of guanidine groups is 1. The fourth-order valence-corrected chi connectivity index (χ4v) is 2.46. The van der Waals surface area contributed by atoms with Crippen molar-refractivity contribution >= 4 is 41.5 Å². The van der Waals surface area contributed by atoms with Crippen molar-refractivity contribution in [1.82, 2.24) is 15.2 Å². The summed E-state index contributed by atoms with van der Waals surface area (Å²) in [5, 5.41) is 4.09. The topological polar surface area (TPSA) is 40.5 Å². The van der Waals surface area contributed by atoms with E-state index in [2.05, 4.69) is 35.1 Å². The van der Waals surface area contributed by atoms with Gasteiger partial charge in [-0.15, -0.1) is 24.0 Å². The van der Waals surface area contributed by atoms with Crippen LogP contribution in [0.3, 0.4) is 0 Å². The monoisotopic (exact) mass is 458 g/mol. The molecule has 2 rings (SSSR count). The predicted molar refractivity (Wildman–Crippen MR) is 112 cm³/mol. The number of benzene rings is 1. The Morgan fingerprint density at radius 2 is 2.00 bits per heavy atom. The van der Waals surface area contributed by atoms with Gasteiger partial charge in [0.05, 0.1) is 12.2 Å². The van der Waals surface area contributed by atoms with E-state index < -0.39 is 0 Å². The third-order valence-electron chi connectivity index (χ3n) is 3.56. The highest BCUT2D eigenvalue weighted by molar-refractivity contribution is 14.0. The molecule has 1 aromatic heterocycles. The summed E-state index contributed by atoms with van der Waals surface area (Å²) in [5.74, 6) is 0.845. The third kappa shape index (κ3) is 5.94. The molecule has 0 aliphatic rings. The molecule has 0 amide bonds. The summed E-state index contributed by atoms with van der Waals surface area (Å²) in [5.41, 5.74) is 3.23. The standard InChI is InChI=1S/C18H23ClN4.HI/c1-4-20-18(22-12-17-14(2)8-7-11-21-17)23(3)13-15-9-5-6-10-16(15)19;/h5-11H,4,12-13H2,1-3H3,(H,20,22);1H. The Morgan fingerprint density at radius 1 is 1.25 bits per heavy atom. The van der Waals surface area contributed by atoms with Crippen LogP contribution in [0.5, 0.6) is 0 Å². The van der Waals surface area contributed by atoms with Crippen LogP contribution in [0.1, 0.15) is 23.7 Å². The van der Waals surface area contributed by atoms with Crippen molar-refractivity contribution in [1.29, 1.82) is 0 Å². The molecule has 6 heteroatoms. The number of rotatable bonds is 5. The van der Waals surface area contributed by atoms with Crippen molar-refractivity contribution in [2.75, 3.05) is 13.6 Å². The lowest BCUT2D eigenvalue weighted by molar-refractivity contribution is 0.476. The number of pyridine rings is 1. The van der Waals surface area contributed by atoms with Crippen molar-refractivity contribution in [2.24, 2.45) is 4.99 Å². The van der Waals surface area contributed by atoms with Crippen LogP contribution >= 0.6 is 35.6 Å². The number of aryl methyl sites for hydroxylation is 1. The van der Waals surface area contributed by atoms with Crippen LogP contribution in [0, 0.1) is 6.92 Å². The van der Waals surface area contributed by atoms with Gasteiger partial charge < -0.3 is 10.2 Å². The van der Waals surface area contributed by atoms with Crippen LogP contribution in [-0.2, 0) is 13.1 Å². The molecule has 0 aliphatic carbocycles. The molecule has 24 heavy (non-hydrogen) atoms. The van der Waals surface area contributed by atoms with Gasteiger partial charge in [0.2, 0.25) is 0 Å². The normalized spacial score (nSPS) is 10.9. The first kappa shape index (κ1) is 20.7. The number of hydrogen-bond donors (Lipinski definition) is 1. The van der Waals surface area contributed by atoms with Gasteiger partial charge in [-0.2, -0.15) is 0 Å². The van der Waals surface area contributed by atoms with Crippen LogP contribution in [0.15, 0.2) is 47.6 Å². The molecule has 0 fully saturated rings. The molecule has 0 saturated heterocycles. The molecule has 1 N–H and O–H groups in total. The summed E-state index contributed by atoms with van der Waals surface area (Å²) >= 11 is 6.25. The molecule has 130 valence electrons.